The van der Waals surface area contributed by atoms with Crippen molar-refractivity contribution in [1.29, 1.82) is 0 Å². The van der Waals surface area contributed by atoms with Gasteiger partial charge in [0.25, 0.3) is 0 Å². The minimum Gasteiger partial charge on any atom is -0.416 e. The summed E-state index contributed by atoms with van der Waals surface area (Å²) in [6, 6.07) is 11.6. The maximum atomic E-state index is 6.69. The fourth-order valence-electron chi connectivity index (χ4n) is 3.82. The number of anilines is 1. The first kappa shape index (κ1) is 18.7. The molecule has 130 valence electrons. The lowest BCUT2D eigenvalue weighted by Crippen LogP contribution is -2.54. The molecule has 1 aliphatic rings. The number of rotatable bonds is 5. The van der Waals surface area contributed by atoms with E-state index in [-0.39, 0.29) is 5.04 Å². The average molecular weight is 350 g/mol. The molecule has 0 saturated carbocycles. The summed E-state index contributed by atoms with van der Waals surface area (Å²) in [5.41, 5.74) is 3.59. The summed E-state index contributed by atoms with van der Waals surface area (Å²) in [4.78, 5) is 0. The van der Waals surface area contributed by atoms with Crippen LogP contribution in [0.2, 0.25) is 30.2 Å². The molecule has 2 rings (SSSR count). The van der Waals surface area contributed by atoms with E-state index >= 15 is 0 Å². The molecule has 0 radical (unpaired) electrons. The first-order valence-corrected chi connectivity index (χ1v) is 14.4. The van der Waals surface area contributed by atoms with Gasteiger partial charge >= 0.3 is 0 Å². The van der Waals surface area contributed by atoms with E-state index in [0.29, 0.717) is 5.54 Å². The minimum absolute atomic E-state index is 0.277. The lowest BCUT2D eigenvalue weighted by molar-refractivity contribution is 0.284. The van der Waals surface area contributed by atoms with Gasteiger partial charge < -0.3 is 8.99 Å². The molecule has 1 aromatic carbocycles. The lowest BCUT2D eigenvalue weighted by Gasteiger charge is -2.41. The molecule has 4 heteroatoms. The predicted molar refractivity (Wildman–Crippen MR) is 107 cm³/mol. The second kappa shape index (κ2) is 6.37. The van der Waals surface area contributed by atoms with Crippen molar-refractivity contribution in [2.24, 2.45) is 0 Å². The van der Waals surface area contributed by atoms with Gasteiger partial charge in [0.1, 0.15) is 0 Å². The average Bonchev–Trinajstić information content (AvgIpc) is 2.73. The molecule has 0 saturated heterocycles. The van der Waals surface area contributed by atoms with Crippen LogP contribution in [0, 0.1) is 0 Å². The van der Waals surface area contributed by atoms with Crippen LogP contribution in [-0.4, -0.2) is 30.2 Å². The Morgan fingerprint density at radius 3 is 2.22 bits per heavy atom. The Labute approximate surface area is 145 Å². The normalized spacial score (nSPS) is 20.7. The van der Waals surface area contributed by atoms with Crippen molar-refractivity contribution >= 4 is 22.2 Å². The molecule has 1 unspecified atom stereocenters. The molecule has 1 aromatic rings. The highest BCUT2D eigenvalue weighted by molar-refractivity contribution is 6.86. The second-order valence-corrected chi connectivity index (χ2v) is 18.4. The number of hydrogen-bond acceptors (Lipinski definition) is 2. The molecule has 0 amide bonds. The van der Waals surface area contributed by atoms with Gasteiger partial charge in [0.05, 0.1) is 0 Å². The Morgan fingerprint density at radius 2 is 1.70 bits per heavy atom. The summed E-state index contributed by atoms with van der Waals surface area (Å²) < 4.78 is 9.34. The molecule has 1 aliphatic heterocycles. The Kier molecular flexibility index (Phi) is 5.20. The van der Waals surface area contributed by atoms with Crippen LogP contribution in [-0.2, 0) is 4.43 Å². The Hall–Kier alpha value is -0.586. The molecule has 0 N–H and O–H groups in total. The van der Waals surface area contributed by atoms with Crippen LogP contribution in [0.3, 0.4) is 0 Å². The van der Waals surface area contributed by atoms with Crippen LogP contribution in [0.25, 0.3) is 0 Å². The molecular weight excluding hydrogens is 314 g/mol. The number of fused-ring (bicyclic) bond motifs is 1. The highest BCUT2D eigenvalue weighted by Crippen LogP contribution is 2.48. The van der Waals surface area contributed by atoms with E-state index in [1.165, 1.54) is 23.3 Å². The predicted octanol–water partition coefficient (Wildman–Crippen LogP) is 5.77. The van der Waals surface area contributed by atoms with Crippen molar-refractivity contribution in [3.8, 4) is 0 Å². The van der Waals surface area contributed by atoms with Crippen LogP contribution >= 0.6 is 0 Å². The quantitative estimate of drug-likeness (QED) is 0.626. The number of nitrogens with zero attached hydrogens (tertiary/aromatic N) is 1. The molecule has 23 heavy (non-hydrogen) atoms. The standard InChI is InChI=1S/C19H35NOSi2/c1-9-23(10-2)18(15-21-22(7,8)19(3,4)5)16-13-11-12-14-17(16)20(23)6/h11-14,18H,9-10,15H2,1-8H3. The summed E-state index contributed by atoms with van der Waals surface area (Å²) in [5.74, 6) is 0. The molecule has 0 bridgehead atoms. The van der Waals surface area contributed by atoms with Crippen molar-refractivity contribution in [1.82, 2.24) is 0 Å². The van der Waals surface area contributed by atoms with Gasteiger partial charge in [0.2, 0.25) is 0 Å². The molecule has 0 aliphatic carbocycles. The first-order chi connectivity index (χ1) is 10.6. The van der Waals surface area contributed by atoms with Gasteiger partial charge in [0, 0.05) is 17.8 Å². The fraction of sp³-hybridized carbons (Fsp3) is 0.684. The van der Waals surface area contributed by atoms with E-state index in [9.17, 15) is 0 Å². The maximum absolute atomic E-state index is 6.69. The van der Waals surface area contributed by atoms with E-state index in [1.54, 1.807) is 0 Å². The molecule has 1 heterocycles. The van der Waals surface area contributed by atoms with E-state index in [2.05, 4.69) is 83.6 Å². The van der Waals surface area contributed by atoms with Crippen LogP contribution in [0.5, 0.6) is 0 Å². The van der Waals surface area contributed by atoms with Gasteiger partial charge in [-0.2, -0.15) is 0 Å². The van der Waals surface area contributed by atoms with Crippen molar-refractivity contribution in [3.05, 3.63) is 29.8 Å². The molecule has 1 atom stereocenters. The largest absolute Gasteiger partial charge is 0.416 e. The number of hydrogen-bond donors (Lipinski definition) is 0. The first-order valence-electron chi connectivity index (χ1n) is 9.07. The third kappa shape index (κ3) is 3.05. The van der Waals surface area contributed by atoms with Crippen molar-refractivity contribution in [2.75, 3.05) is 18.2 Å². The summed E-state index contributed by atoms with van der Waals surface area (Å²) >= 11 is 0. The SMILES string of the molecule is CC[Si]1(CC)C(CO[Si](C)(C)C(C)(C)C)c2ccccc2N1C. The van der Waals surface area contributed by atoms with E-state index in [4.69, 9.17) is 4.43 Å². The Bertz CT molecular complexity index is 547. The summed E-state index contributed by atoms with van der Waals surface area (Å²) in [5, 5.41) is 0.277. The highest BCUT2D eigenvalue weighted by atomic mass is 28.4. The van der Waals surface area contributed by atoms with Crippen molar-refractivity contribution in [3.63, 3.8) is 0 Å². The van der Waals surface area contributed by atoms with Crippen LogP contribution in [0.4, 0.5) is 5.69 Å². The monoisotopic (exact) mass is 349 g/mol. The van der Waals surface area contributed by atoms with Crippen LogP contribution in [0.1, 0.15) is 45.7 Å². The van der Waals surface area contributed by atoms with Gasteiger partial charge in [0.15, 0.2) is 16.6 Å². The molecule has 0 aromatic heterocycles. The van der Waals surface area contributed by atoms with Crippen molar-refractivity contribution < 1.29 is 4.43 Å². The Morgan fingerprint density at radius 1 is 1.13 bits per heavy atom. The third-order valence-electron chi connectivity index (χ3n) is 6.63. The zero-order chi connectivity index (χ0) is 17.5. The van der Waals surface area contributed by atoms with Crippen molar-refractivity contribution in [2.45, 2.75) is 70.4 Å². The van der Waals surface area contributed by atoms with Gasteiger partial charge in [-0.05, 0) is 48.9 Å². The van der Waals surface area contributed by atoms with Gasteiger partial charge in [-0.15, -0.1) is 0 Å². The molecular formula is C19H35NOSi2. The second-order valence-electron chi connectivity index (χ2n) is 8.55. The smallest absolute Gasteiger partial charge is 0.191 e. The Balaban J connectivity index is 2.34. The highest BCUT2D eigenvalue weighted by Gasteiger charge is 2.50. The number of para-hydroxylation sites is 1. The summed E-state index contributed by atoms with van der Waals surface area (Å²) in [7, 11) is -0.922. The van der Waals surface area contributed by atoms with Gasteiger partial charge in [-0.1, -0.05) is 52.8 Å². The van der Waals surface area contributed by atoms with E-state index < -0.39 is 16.6 Å². The zero-order valence-corrected chi connectivity index (χ0v) is 18.4. The topological polar surface area (TPSA) is 12.5 Å². The third-order valence-corrected chi connectivity index (χ3v) is 16.9. The van der Waals surface area contributed by atoms with E-state index in [1.807, 2.05) is 0 Å². The van der Waals surface area contributed by atoms with E-state index in [0.717, 1.165) is 6.61 Å². The molecule has 0 fully saturated rings. The van der Waals surface area contributed by atoms with Crippen LogP contribution < -0.4 is 4.57 Å². The van der Waals surface area contributed by atoms with Gasteiger partial charge in [-0.3, -0.25) is 0 Å². The van der Waals surface area contributed by atoms with Crippen LogP contribution in [0.15, 0.2) is 24.3 Å². The summed E-state index contributed by atoms with van der Waals surface area (Å²) in [6.07, 6.45) is 0. The number of benzene rings is 1. The molecule has 2 nitrogen and oxygen atoms in total. The fourth-order valence-corrected chi connectivity index (χ4v) is 9.81. The lowest BCUT2D eigenvalue weighted by atomic mass is 10.1. The zero-order valence-electron chi connectivity index (χ0n) is 16.4. The minimum atomic E-state index is -1.70. The summed E-state index contributed by atoms with van der Waals surface area (Å²) in [6.45, 7) is 17.4. The maximum Gasteiger partial charge on any atom is 0.191 e. The molecule has 0 spiro atoms. The van der Waals surface area contributed by atoms with Gasteiger partial charge in [-0.25, -0.2) is 0 Å².